The van der Waals surface area contributed by atoms with Crippen molar-refractivity contribution in [1.82, 2.24) is 10.6 Å². The van der Waals surface area contributed by atoms with Gasteiger partial charge in [-0.3, -0.25) is 4.79 Å². The van der Waals surface area contributed by atoms with Crippen LogP contribution in [0.3, 0.4) is 0 Å². The Balaban J connectivity index is 2.51. The van der Waals surface area contributed by atoms with Gasteiger partial charge in [0.25, 0.3) is 0 Å². The van der Waals surface area contributed by atoms with Gasteiger partial charge in [-0.05, 0) is 32.2 Å². The van der Waals surface area contributed by atoms with Gasteiger partial charge in [-0.1, -0.05) is 6.92 Å². The Labute approximate surface area is 96.2 Å². The lowest BCUT2D eigenvalue weighted by atomic mass is 9.93. The summed E-state index contributed by atoms with van der Waals surface area (Å²) in [5.74, 6) is 0.392. The molecule has 0 bridgehead atoms. The van der Waals surface area contributed by atoms with Gasteiger partial charge in [0.1, 0.15) is 0 Å². The van der Waals surface area contributed by atoms with Gasteiger partial charge >= 0.3 is 0 Å². The topological polar surface area (TPSA) is 81.6 Å². The summed E-state index contributed by atoms with van der Waals surface area (Å²) >= 11 is 0. The van der Waals surface area contributed by atoms with Crippen LogP contribution in [0.1, 0.15) is 26.7 Å². The third-order valence-electron chi connectivity index (χ3n) is 3.11. The van der Waals surface area contributed by atoms with Crippen LogP contribution in [-0.2, 0) is 4.79 Å². The Kier molecular flexibility index (Phi) is 4.70. The molecule has 0 aromatic heterocycles. The monoisotopic (exact) mass is 230 g/mol. The number of hydrogen-bond acceptors (Lipinski definition) is 4. The molecule has 5 heteroatoms. The first-order valence-corrected chi connectivity index (χ1v) is 5.78. The summed E-state index contributed by atoms with van der Waals surface area (Å²) in [6.45, 7) is 4.05. The Morgan fingerprint density at radius 3 is 2.62 bits per heavy atom. The van der Waals surface area contributed by atoms with Gasteiger partial charge in [0, 0.05) is 0 Å². The standard InChI is InChI=1S/C11H22N2O3/c1-8-3-4-12-9(5-8)10(16)13-11(2,6-14)7-15/h8-9,12,14-15H,3-7H2,1-2H3,(H,13,16). The predicted molar refractivity (Wildman–Crippen MR) is 60.9 cm³/mol. The van der Waals surface area contributed by atoms with Crippen molar-refractivity contribution in [3.63, 3.8) is 0 Å². The summed E-state index contributed by atoms with van der Waals surface area (Å²) in [5, 5.41) is 24.0. The molecule has 1 fully saturated rings. The number of carbonyl (C=O) groups excluding carboxylic acids is 1. The highest BCUT2D eigenvalue weighted by Gasteiger charge is 2.30. The average Bonchev–Trinajstić information content (AvgIpc) is 2.29. The van der Waals surface area contributed by atoms with Crippen molar-refractivity contribution in [3.05, 3.63) is 0 Å². The maximum absolute atomic E-state index is 11.9. The third kappa shape index (κ3) is 3.43. The van der Waals surface area contributed by atoms with Gasteiger partial charge in [-0.2, -0.15) is 0 Å². The Morgan fingerprint density at radius 2 is 2.12 bits per heavy atom. The lowest BCUT2D eigenvalue weighted by Gasteiger charge is -2.32. The first kappa shape index (κ1) is 13.4. The van der Waals surface area contributed by atoms with Crippen LogP contribution in [0, 0.1) is 5.92 Å². The van der Waals surface area contributed by atoms with Crippen LogP contribution in [0.5, 0.6) is 0 Å². The molecule has 1 amide bonds. The molecule has 1 rings (SSSR count). The molecule has 0 spiro atoms. The normalized spacial score (nSPS) is 26.5. The fraction of sp³-hybridized carbons (Fsp3) is 0.909. The molecule has 0 saturated carbocycles. The predicted octanol–water partition coefficient (Wildman–Crippen LogP) is -0.766. The molecule has 1 aliphatic heterocycles. The summed E-state index contributed by atoms with van der Waals surface area (Å²) in [7, 11) is 0. The molecule has 2 unspecified atom stereocenters. The van der Waals surface area contributed by atoms with Crippen LogP contribution in [0.25, 0.3) is 0 Å². The summed E-state index contributed by atoms with van der Waals surface area (Å²) in [6, 6.07) is -0.207. The fourth-order valence-corrected chi connectivity index (χ4v) is 1.82. The minimum atomic E-state index is -0.931. The number of aliphatic hydroxyl groups excluding tert-OH is 2. The molecular weight excluding hydrogens is 208 g/mol. The van der Waals surface area contributed by atoms with E-state index >= 15 is 0 Å². The smallest absolute Gasteiger partial charge is 0.237 e. The van der Waals surface area contributed by atoms with E-state index in [2.05, 4.69) is 17.6 Å². The molecule has 1 saturated heterocycles. The SMILES string of the molecule is CC1CCNC(C(=O)NC(C)(CO)CO)C1. The van der Waals surface area contributed by atoms with E-state index < -0.39 is 5.54 Å². The van der Waals surface area contributed by atoms with Crippen molar-refractivity contribution < 1.29 is 15.0 Å². The summed E-state index contributed by atoms with van der Waals surface area (Å²) < 4.78 is 0. The molecule has 1 aliphatic rings. The van der Waals surface area contributed by atoms with E-state index in [9.17, 15) is 4.79 Å². The largest absolute Gasteiger partial charge is 0.394 e. The maximum Gasteiger partial charge on any atom is 0.237 e. The van der Waals surface area contributed by atoms with Gasteiger partial charge in [0.15, 0.2) is 0 Å². The van der Waals surface area contributed by atoms with E-state index in [0.717, 1.165) is 19.4 Å². The Bertz CT molecular complexity index is 241. The molecule has 5 nitrogen and oxygen atoms in total. The lowest BCUT2D eigenvalue weighted by Crippen LogP contribution is -2.58. The molecule has 1 heterocycles. The minimum absolute atomic E-state index is 0.142. The van der Waals surface area contributed by atoms with Crippen molar-refractivity contribution in [1.29, 1.82) is 0 Å². The van der Waals surface area contributed by atoms with Gasteiger partial charge in [-0.15, -0.1) is 0 Å². The van der Waals surface area contributed by atoms with Crippen molar-refractivity contribution in [3.8, 4) is 0 Å². The second-order valence-electron chi connectivity index (χ2n) is 5.00. The molecule has 0 aromatic carbocycles. The highest BCUT2D eigenvalue weighted by Crippen LogP contribution is 2.15. The number of piperidine rings is 1. The van der Waals surface area contributed by atoms with E-state index in [0.29, 0.717) is 5.92 Å². The number of hydrogen-bond donors (Lipinski definition) is 4. The van der Waals surface area contributed by atoms with Crippen LogP contribution < -0.4 is 10.6 Å². The zero-order valence-corrected chi connectivity index (χ0v) is 9.99. The number of aliphatic hydroxyl groups is 2. The second-order valence-corrected chi connectivity index (χ2v) is 5.00. The van der Waals surface area contributed by atoms with Gasteiger partial charge in [0.2, 0.25) is 5.91 Å². The van der Waals surface area contributed by atoms with Gasteiger partial charge in [0.05, 0.1) is 24.8 Å². The lowest BCUT2D eigenvalue weighted by molar-refractivity contribution is -0.127. The van der Waals surface area contributed by atoms with Crippen LogP contribution in [0.2, 0.25) is 0 Å². The van der Waals surface area contributed by atoms with Crippen molar-refractivity contribution in [2.24, 2.45) is 5.92 Å². The van der Waals surface area contributed by atoms with Crippen molar-refractivity contribution in [2.75, 3.05) is 19.8 Å². The second kappa shape index (κ2) is 5.61. The quantitative estimate of drug-likeness (QED) is 0.511. The number of amides is 1. The highest BCUT2D eigenvalue weighted by atomic mass is 16.3. The molecule has 16 heavy (non-hydrogen) atoms. The van der Waals surface area contributed by atoms with Crippen LogP contribution in [0.4, 0.5) is 0 Å². The average molecular weight is 230 g/mol. The highest BCUT2D eigenvalue weighted by molar-refractivity contribution is 5.82. The van der Waals surface area contributed by atoms with E-state index in [1.807, 2.05) is 0 Å². The summed E-state index contributed by atoms with van der Waals surface area (Å²) in [6.07, 6.45) is 1.89. The summed E-state index contributed by atoms with van der Waals surface area (Å²) in [4.78, 5) is 11.9. The van der Waals surface area contributed by atoms with Gasteiger partial charge in [-0.25, -0.2) is 0 Å². The van der Waals surface area contributed by atoms with Crippen molar-refractivity contribution >= 4 is 5.91 Å². The maximum atomic E-state index is 11.9. The van der Waals surface area contributed by atoms with Crippen LogP contribution >= 0.6 is 0 Å². The first-order valence-electron chi connectivity index (χ1n) is 5.78. The molecule has 94 valence electrons. The van der Waals surface area contributed by atoms with Crippen molar-refractivity contribution in [2.45, 2.75) is 38.3 Å². The van der Waals surface area contributed by atoms with Crippen LogP contribution in [0.15, 0.2) is 0 Å². The molecule has 0 aliphatic carbocycles. The zero-order valence-electron chi connectivity index (χ0n) is 9.99. The molecule has 0 aromatic rings. The third-order valence-corrected chi connectivity index (χ3v) is 3.11. The number of carbonyl (C=O) groups is 1. The van der Waals surface area contributed by atoms with Gasteiger partial charge < -0.3 is 20.8 Å². The molecule has 0 radical (unpaired) electrons. The molecular formula is C11H22N2O3. The van der Waals surface area contributed by atoms with Crippen LogP contribution in [-0.4, -0.2) is 47.5 Å². The van der Waals surface area contributed by atoms with E-state index in [-0.39, 0.29) is 25.2 Å². The Hall–Kier alpha value is -0.650. The number of nitrogens with one attached hydrogen (secondary N) is 2. The van der Waals surface area contributed by atoms with E-state index in [1.165, 1.54) is 0 Å². The first-order chi connectivity index (χ1) is 7.50. The summed E-state index contributed by atoms with van der Waals surface area (Å²) in [5.41, 5.74) is -0.931. The fourth-order valence-electron chi connectivity index (χ4n) is 1.82. The number of rotatable bonds is 4. The van der Waals surface area contributed by atoms with E-state index in [4.69, 9.17) is 10.2 Å². The molecule has 2 atom stereocenters. The van der Waals surface area contributed by atoms with E-state index in [1.54, 1.807) is 6.92 Å². The zero-order chi connectivity index (χ0) is 12.2. The molecule has 4 N–H and O–H groups in total. The minimum Gasteiger partial charge on any atom is -0.394 e. The Morgan fingerprint density at radius 1 is 1.50 bits per heavy atom.